The van der Waals surface area contributed by atoms with Crippen LogP contribution in [-0.2, 0) is 21.1 Å². The lowest BCUT2D eigenvalue weighted by atomic mass is 10.0. The molecule has 14 heteroatoms. The van der Waals surface area contributed by atoms with Crippen molar-refractivity contribution in [1.82, 2.24) is 10.5 Å². The zero-order valence-corrected chi connectivity index (χ0v) is 24.4. The molecule has 1 unspecified atom stereocenters. The number of hydrogen-bond donors (Lipinski definition) is 2. The van der Waals surface area contributed by atoms with Crippen LogP contribution in [0.1, 0.15) is 17.5 Å². The highest BCUT2D eigenvalue weighted by molar-refractivity contribution is 7.91. The van der Waals surface area contributed by atoms with Gasteiger partial charge in [-0.1, -0.05) is 48.5 Å². The maximum atomic E-state index is 12.9. The van der Waals surface area contributed by atoms with Gasteiger partial charge in [-0.25, -0.2) is 8.42 Å². The van der Waals surface area contributed by atoms with Gasteiger partial charge in [-0.05, 0) is 41.2 Å². The predicted molar refractivity (Wildman–Crippen MR) is 154 cm³/mol. The van der Waals surface area contributed by atoms with E-state index in [9.17, 15) is 23.5 Å². The van der Waals surface area contributed by atoms with E-state index in [0.717, 1.165) is 5.56 Å². The molecule has 0 saturated carbocycles. The summed E-state index contributed by atoms with van der Waals surface area (Å²) in [5, 5.41) is 28.0. The summed E-state index contributed by atoms with van der Waals surface area (Å²) in [6, 6.07) is 20.2. The summed E-state index contributed by atoms with van der Waals surface area (Å²) in [6.07, 6.45) is 0.940. The van der Waals surface area contributed by atoms with Gasteiger partial charge < -0.3 is 34.6 Å². The summed E-state index contributed by atoms with van der Waals surface area (Å²) in [5.41, 5.74) is 1.64. The first-order chi connectivity index (χ1) is 21.3. The Kier molecular flexibility index (Phi) is 9.31. The molecule has 2 N–H and O–H groups in total. The average molecular weight is 624 g/mol. The van der Waals surface area contributed by atoms with Gasteiger partial charge in [0.05, 0.1) is 35.9 Å². The molecule has 0 saturated heterocycles. The van der Waals surface area contributed by atoms with Crippen LogP contribution in [0.5, 0.6) is 23.1 Å². The summed E-state index contributed by atoms with van der Waals surface area (Å²) >= 11 is 0. The molecule has 0 radical (unpaired) electrons. The van der Waals surface area contributed by atoms with Crippen molar-refractivity contribution in [3.63, 3.8) is 0 Å². The summed E-state index contributed by atoms with van der Waals surface area (Å²) in [5.74, 6) is 0.0134. The standard InChI is InChI=1S/C30H29N3O10S/c1-39-25-18-21-17-23(27(34)31-14-13-20-9-4-2-5-10-20)30(35)42-24(21)19-26(25)40-15-8-16-41-28-29(33(36)43-32-28)44(37,38)22-11-6-3-7-12-22/h2-7,9-12,17-19,30,35H,8,13-16H2,1H3,(H,31,34). The Morgan fingerprint density at radius 3 is 2.48 bits per heavy atom. The molecule has 5 rings (SSSR count). The minimum Gasteiger partial charge on any atom is -0.493 e. The molecule has 0 spiro atoms. The molecule has 1 amide bonds. The first kappa shape index (κ1) is 30.4. The van der Waals surface area contributed by atoms with E-state index in [1.165, 1.54) is 43.5 Å². The monoisotopic (exact) mass is 623 g/mol. The molecule has 1 aromatic heterocycles. The highest BCUT2D eigenvalue weighted by Crippen LogP contribution is 2.39. The molecule has 0 fully saturated rings. The number of amides is 1. The van der Waals surface area contributed by atoms with Crippen LogP contribution in [-0.4, -0.2) is 57.7 Å². The van der Waals surface area contributed by atoms with Gasteiger partial charge >= 0.3 is 10.9 Å². The Morgan fingerprint density at radius 1 is 1.05 bits per heavy atom. The molecule has 230 valence electrons. The molecule has 0 bridgehead atoms. The number of hydrogen-bond acceptors (Lipinski definition) is 11. The Labute approximate surface area is 252 Å². The van der Waals surface area contributed by atoms with E-state index < -0.39 is 32.9 Å². The van der Waals surface area contributed by atoms with Crippen LogP contribution in [0.4, 0.5) is 0 Å². The number of rotatable bonds is 13. The number of sulfone groups is 1. The number of methoxy groups -OCH3 is 1. The Balaban J connectivity index is 1.18. The molecule has 1 atom stereocenters. The van der Waals surface area contributed by atoms with Gasteiger partial charge in [0.2, 0.25) is 6.29 Å². The molecule has 44 heavy (non-hydrogen) atoms. The fourth-order valence-electron chi connectivity index (χ4n) is 4.36. The number of aromatic nitrogens is 2. The number of aliphatic hydroxyl groups excluding tert-OH is 1. The normalized spacial score (nSPS) is 14.1. The van der Waals surface area contributed by atoms with E-state index in [0.29, 0.717) is 30.0 Å². The first-order valence-electron chi connectivity index (χ1n) is 13.5. The van der Waals surface area contributed by atoms with E-state index in [-0.39, 0.29) is 40.8 Å². The Hall–Kier alpha value is -5.08. The van der Waals surface area contributed by atoms with Crippen LogP contribution in [0.2, 0.25) is 0 Å². The molecule has 13 nitrogen and oxygen atoms in total. The van der Waals surface area contributed by atoms with Gasteiger partial charge in [-0.3, -0.25) is 9.42 Å². The molecule has 4 aromatic rings. The van der Waals surface area contributed by atoms with E-state index in [2.05, 4.69) is 15.1 Å². The fraction of sp³-hybridized carbons (Fsp3) is 0.233. The summed E-state index contributed by atoms with van der Waals surface area (Å²) in [7, 11) is -2.78. The number of carbonyl (C=O) groups excluding carboxylic acids is 1. The average Bonchev–Trinajstić information content (AvgIpc) is 3.41. The summed E-state index contributed by atoms with van der Waals surface area (Å²) in [6.45, 7) is 0.424. The summed E-state index contributed by atoms with van der Waals surface area (Å²) < 4.78 is 52.5. The molecule has 1 aliphatic heterocycles. The number of fused-ring (bicyclic) bond motifs is 1. The molecule has 3 aromatic carbocycles. The number of benzene rings is 3. The summed E-state index contributed by atoms with van der Waals surface area (Å²) in [4.78, 5) is 12.4. The zero-order valence-electron chi connectivity index (χ0n) is 23.5. The molecular formula is C30H29N3O10S. The minimum atomic E-state index is -4.23. The second kappa shape index (κ2) is 13.5. The predicted octanol–water partition coefficient (Wildman–Crippen LogP) is 2.45. The highest BCUT2D eigenvalue weighted by atomic mass is 32.2. The fourth-order valence-corrected chi connectivity index (χ4v) is 5.66. The lowest BCUT2D eigenvalue weighted by molar-refractivity contribution is -0.832. The van der Waals surface area contributed by atoms with Crippen molar-refractivity contribution in [1.29, 1.82) is 0 Å². The molecular weight excluding hydrogens is 594 g/mol. The van der Waals surface area contributed by atoms with Gasteiger partial charge in [-0.2, -0.15) is 0 Å². The molecule has 2 heterocycles. The van der Waals surface area contributed by atoms with Crippen molar-refractivity contribution in [3.05, 3.63) is 94.7 Å². The van der Waals surface area contributed by atoms with E-state index in [1.807, 2.05) is 30.3 Å². The van der Waals surface area contributed by atoms with Gasteiger partial charge in [0.1, 0.15) is 5.75 Å². The van der Waals surface area contributed by atoms with Crippen molar-refractivity contribution in [3.8, 4) is 23.1 Å². The highest BCUT2D eigenvalue weighted by Gasteiger charge is 2.35. The van der Waals surface area contributed by atoms with Crippen molar-refractivity contribution in [2.45, 2.75) is 29.1 Å². The van der Waals surface area contributed by atoms with Crippen molar-refractivity contribution in [2.24, 2.45) is 0 Å². The second-order valence-electron chi connectivity index (χ2n) is 9.51. The SMILES string of the molecule is COc1cc2c(cc1OCCCOc1no[n+]([O-])c1S(=O)(=O)c1ccccc1)OC(O)C(C(=O)NCCc1ccccc1)=C2. The maximum Gasteiger partial charge on any atom is 0.414 e. The van der Waals surface area contributed by atoms with Crippen LogP contribution < -0.4 is 29.2 Å². The molecule has 1 aliphatic rings. The lowest BCUT2D eigenvalue weighted by Gasteiger charge is -2.24. The van der Waals surface area contributed by atoms with Gasteiger partial charge in [0.15, 0.2) is 11.5 Å². The van der Waals surface area contributed by atoms with E-state index in [4.69, 9.17) is 18.9 Å². The Morgan fingerprint density at radius 2 is 1.75 bits per heavy atom. The zero-order chi connectivity index (χ0) is 31.1. The number of nitrogens with one attached hydrogen (secondary N) is 1. The third-order valence-corrected chi connectivity index (χ3v) is 8.28. The van der Waals surface area contributed by atoms with E-state index >= 15 is 0 Å². The smallest absolute Gasteiger partial charge is 0.414 e. The first-order valence-corrected chi connectivity index (χ1v) is 15.0. The number of aliphatic hydroxyl groups is 1. The molecule has 0 aliphatic carbocycles. The van der Waals surface area contributed by atoms with Crippen LogP contribution in [0.15, 0.2) is 92.9 Å². The number of ether oxygens (including phenoxy) is 4. The van der Waals surface area contributed by atoms with E-state index in [1.54, 1.807) is 12.1 Å². The third kappa shape index (κ3) is 6.76. The van der Waals surface area contributed by atoms with Crippen molar-refractivity contribution >= 4 is 21.8 Å². The van der Waals surface area contributed by atoms with Crippen LogP contribution in [0, 0.1) is 5.21 Å². The van der Waals surface area contributed by atoms with Crippen molar-refractivity contribution in [2.75, 3.05) is 26.9 Å². The topological polar surface area (TPSA) is 173 Å². The minimum absolute atomic E-state index is 0.0549. The van der Waals surface area contributed by atoms with Crippen LogP contribution >= 0.6 is 0 Å². The van der Waals surface area contributed by atoms with Gasteiger partial charge in [0, 0.05) is 24.6 Å². The second-order valence-corrected chi connectivity index (χ2v) is 11.4. The van der Waals surface area contributed by atoms with Gasteiger partial charge in [-0.15, -0.1) is 0 Å². The maximum absolute atomic E-state index is 12.9. The van der Waals surface area contributed by atoms with Crippen molar-refractivity contribution < 1.29 is 46.8 Å². The van der Waals surface area contributed by atoms with Crippen LogP contribution in [0.25, 0.3) is 6.08 Å². The number of nitrogens with zero attached hydrogens (tertiary/aromatic N) is 2. The van der Waals surface area contributed by atoms with Crippen LogP contribution in [0.3, 0.4) is 0 Å². The van der Waals surface area contributed by atoms with Gasteiger partial charge in [0.25, 0.3) is 15.7 Å². The Bertz CT molecular complexity index is 1740. The quantitative estimate of drug-likeness (QED) is 0.165. The largest absolute Gasteiger partial charge is 0.493 e. The lowest BCUT2D eigenvalue weighted by Crippen LogP contribution is -2.35. The third-order valence-electron chi connectivity index (χ3n) is 6.56. The number of carbonyl (C=O) groups is 1.